The van der Waals surface area contributed by atoms with Gasteiger partial charge in [0.25, 0.3) is 0 Å². The Hall–Kier alpha value is -0.920. The van der Waals surface area contributed by atoms with Crippen molar-refractivity contribution in [2.45, 2.75) is 20.4 Å². The molecule has 0 saturated carbocycles. The van der Waals surface area contributed by atoms with E-state index < -0.39 is 10.0 Å². The van der Waals surface area contributed by atoms with Gasteiger partial charge in [0.15, 0.2) is 0 Å². The van der Waals surface area contributed by atoms with Crippen LogP contribution in [0.15, 0.2) is 0 Å². The zero-order valence-corrected chi connectivity index (χ0v) is 9.69. The van der Waals surface area contributed by atoms with Gasteiger partial charge in [0.05, 0.1) is 11.4 Å². The molecule has 0 aliphatic rings. The second-order valence-corrected chi connectivity index (χ2v) is 5.19. The van der Waals surface area contributed by atoms with Crippen LogP contribution in [0.4, 0.5) is 0 Å². The topological polar surface area (TPSA) is 101 Å². The molecule has 15 heavy (non-hydrogen) atoms. The van der Waals surface area contributed by atoms with Gasteiger partial charge in [0.2, 0.25) is 10.0 Å². The van der Waals surface area contributed by atoms with E-state index in [4.69, 9.17) is 5.14 Å². The summed E-state index contributed by atoms with van der Waals surface area (Å²) in [6.45, 7) is 4.78. The molecule has 86 valence electrons. The fraction of sp³-hybridized carbons (Fsp3) is 0.625. The van der Waals surface area contributed by atoms with Gasteiger partial charge in [-0.3, -0.25) is 5.10 Å². The fourth-order valence-electron chi connectivity index (χ4n) is 1.26. The molecule has 0 fully saturated rings. The number of nitrogens with two attached hydrogens (primary N) is 1. The van der Waals surface area contributed by atoms with E-state index in [1.54, 1.807) is 0 Å². The molecule has 6 nitrogen and oxygen atoms in total. The monoisotopic (exact) mass is 232 g/mol. The SMILES string of the molecule is Cc1n[nH]c(C)c1CNCCS(N)(=O)=O. The van der Waals surface area contributed by atoms with Gasteiger partial charge in [-0.05, 0) is 13.8 Å². The Morgan fingerprint density at radius 2 is 2.13 bits per heavy atom. The van der Waals surface area contributed by atoms with E-state index in [1.165, 1.54) is 0 Å². The van der Waals surface area contributed by atoms with Gasteiger partial charge in [-0.1, -0.05) is 0 Å². The van der Waals surface area contributed by atoms with Crippen molar-refractivity contribution >= 4 is 10.0 Å². The Labute approximate surface area is 89.3 Å². The first-order valence-corrected chi connectivity index (χ1v) is 6.33. The normalized spacial score (nSPS) is 11.9. The van der Waals surface area contributed by atoms with Crippen LogP contribution in [0.5, 0.6) is 0 Å². The van der Waals surface area contributed by atoms with Crippen molar-refractivity contribution in [3.8, 4) is 0 Å². The highest BCUT2D eigenvalue weighted by molar-refractivity contribution is 7.89. The largest absolute Gasteiger partial charge is 0.311 e. The first-order chi connectivity index (χ1) is 6.90. The summed E-state index contributed by atoms with van der Waals surface area (Å²) in [5, 5.41) is 14.8. The standard InChI is InChI=1S/C8H16N4O2S/c1-6-8(7(2)12-11-6)5-10-3-4-15(9,13)14/h10H,3-5H2,1-2H3,(H,11,12)(H2,9,13,14). The predicted molar refractivity (Wildman–Crippen MR) is 57.7 cm³/mol. The number of hydrogen-bond donors (Lipinski definition) is 3. The van der Waals surface area contributed by atoms with Crippen LogP contribution in [0.25, 0.3) is 0 Å². The summed E-state index contributed by atoms with van der Waals surface area (Å²) < 4.78 is 21.3. The molecule has 1 aromatic rings. The van der Waals surface area contributed by atoms with Crippen LogP contribution in [0.2, 0.25) is 0 Å². The van der Waals surface area contributed by atoms with Gasteiger partial charge in [-0.2, -0.15) is 5.10 Å². The molecule has 1 heterocycles. The van der Waals surface area contributed by atoms with Crippen LogP contribution in [0.3, 0.4) is 0 Å². The van der Waals surface area contributed by atoms with Gasteiger partial charge in [0, 0.05) is 24.3 Å². The molecule has 4 N–H and O–H groups in total. The third-order valence-corrected chi connectivity index (χ3v) is 2.92. The van der Waals surface area contributed by atoms with Crippen molar-refractivity contribution in [1.82, 2.24) is 15.5 Å². The van der Waals surface area contributed by atoms with Crippen LogP contribution in [0, 0.1) is 13.8 Å². The van der Waals surface area contributed by atoms with Crippen molar-refractivity contribution in [2.24, 2.45) is 5.14 Å². The molecule has 0 radical (unpaired) electrons. The second-order valence-electron chi connectivity index (χ2n) is 3.46. The molecule has 0 aliphatic carbocycles. The predicted octanol–water partition coefficient (Wildman–Crippen LogP) is -0.595. The lowest BCUT2D eigenvalue weighted by Crippen LogP contribution is -2.27. The van der Waals surface area contributed by atoms with E-state index in [-0.39, 0.29) is 5.75 Å². The summed E-state index contributed by atoms with van der Waals surface area (Å²) in [6.07, 6.45) is 0. The lowest BCUT2D eigenvalue weighted by Gasteiger charge is -2.03. The third kappa shape index (κ3) is 3.98. The molecule has 0 unspecified atom stereocenters. The Morgan fingerprint density at radius 1 is 1.47 bits per heavy atom. The van der Waals surface area contributed by atoms with E-state index in [1.807, 2.05) is 13.8 Å². The van der Waals surface area contributed by atoms with Gasteiger partial charge >= 0.3 is 0 Å². The number of aromatic amines is 1. The highest BCUT2D eigenvalue weighted by Gasteiger charge is 2.06. The minimum absolute atomic E-state index is 0.0526. The molecular weight excluding hydrogens is 216 g/mol. The summed E-state index contributed by atoms with van der Waals surface area (Å²) in [4.78, 5) is 0. The van der Waals surface area contributed by atoms with Crippen molar-refractivity contribution < 1.29 is 8.42 Å². The van der Waals surface area contributed by atoms with Crippen LogP contribution in [-0.4, -0.2) is 30.9 Å². The molecule has 0 saturated heterocycles. The lowest BCUT2D eigenvalue weighted by atomic mass is 10.2. The molecular formula is C8H16N4O2S. The smallest absolute Gasteiger partial charge is 0.210 e. The Morgan fingerprint density at radius 3 is 2.60 bits per heavy atom. The first kappa shape index (κ1) is 12.2. The van der Waals surface area contributed by atoms with Crippen LogP contribution < -0.4 is 10.5 Å². The molecule has 1 aromatic heterocycles. The first-order valence-electron chi connectivity index (χ1n) is 4.62. The molecule has 0 atom stereocenters. The van der Waals surface area contributed by atoms with E-state index in [2.05, 4.69) is 15.5 Å². The number of aryl methyl sites for hydroxylation is 2. The third-order valence-electron chi connectivity index (χ3n) is 2.15. The number of nitrogens with one attached hydrogen (secondary N) is 2. The van der Waals surface area contributed by atoms with E-state index in [9.17, 15) is 8.42 Å². The fourth-order valence-corrected chi connectivity index (χ4v) is 1.69. The lowest BCUT2D eigenvalue weighted by molar-refractivity contribution is 0.592. The molecule has 1 rings (SSSR count). The van der Waals surface area contributed by atoms with Crippen molar-refractivity contribution in [3.63, 3.8) is 0 Å². The maximum absolute atomic E-state index is 10.6. The van der Waals surface area contributed by atoms with Crippen molar-refractivity contribution in [3.05, 3.63) is 17.0 Å². The summed E-state index contributed by atoms with van der Waals surface area (Å²) >= 11 is 0. The van der Waals surface area contributed by atoms with Gasteiger partial charge in [0.1, 0.15) is 0 Å². The molecule has 7 heteroatoms. The van der Waals surface area contributed by atoms with E-state index >= 15 is 0 Å². The second kappa shape index (κ2) is 4.73. The highest BCUT2D eigenvalue weighted by Crippen LogP contribution is 2.07. The van der Waals surface area contributed by atoms with Crippen LogP contribution in [0.1, 0.15) is 17.0 Å². The zero-order chi connectivity index (χ0) is 11.5. The van der Waals surface area contributed by atoms with E-state index in [0.717, 1.165) is 17.0 Å². The number of rotatable bonds is 5. The maximum Gasteiger partial charge on any atom is 0.210 e. The minimum atomic E-state index is -3.37. The Bertz CT molecular complexity index is 404. The van der Waals surface area contributed by atoms with Crippen molar-refractivity contribution in [1.29, 1.82) is 0 Å². The number of primary sulfonamides is 1. The van der Waals surface area contributed by atoms with E-state index in [0.29, 0.717) is 13.1 Å². The number of hydrogen-bond acceptors (Lipinski definition) is 4. The quantitative estimate of drug-likeness (QED) is 0.590. The molecule has 0 amide bonds. The minimum Gasteiger partial charge on any atom is -0.311 e. The van der Waals surface area contributed by atoms with Gasteiger partial charge in [-0.25, -0.2) is 13.6 Å². The number of nitrogens with zero attached hydrogens (tertiary/aromatic N) is 1. The Balaban J connectivity index is 2.39. The van der Waals surface area contributed by atoms with Crippen LogP contribution in [-0.2, 0) is 16.6 Å². The van der Waals surface area contributed by atoms with Crippen LogP contribution >= 0.6 is 0 Å². The van der Waals surface area contributed by atoms with Gasteiger partial charge < -0.3 is 5.32 Å². The summed E-state index contributed by atoms with van der Waals surface area (Å²) in [6, 6.07) is 0. The molecule has 0 spiro atoms. The number of aromatic nitrogens is 2. The van der Waals surface area contributed by atoms with Gasteiger partial charge in [-0.15, -0.1) is 0 Å². The average molecular weight is 232 g/mol. The summed E-state index contributed by atoms with van der Waals surface area (Å²) in [7, 11) is -3.37. The highest BCUT2D eigenvalue weighted by atomic mass is 32.2. The number of H-pyrrole nitrogens is 1. The molecule has 0 aliphatic heterocycles. The van der Waals surface area contributed by atoms with Crippen molar-refractivity contribution in [2.75, 3.05) is 12.3 Å². The molecule has 0 bridgehead atoms. The average Bonchev–Trinajstić information content (AvgIpc) is 2.40. The molecule has 0 aromatic carbocycles. The summed E-state index contributed by atoms with van der Waals surface area (Å²) in [5.74, 6) is -0.0526. The number of sulfonamides is 1. The Kier molecular flexibility index (Phi) is 3.83. The summed E-state index contributed by atoms with van der Waals surface area (Å²) in [5.41, 5.74) is 3.00. The maximum atomic E-state index is 10.6. The zero-order valence-electron chi connectivity index (χ0n) is 8.87.